The Bertz CT molecular complexity index is 480. The summed E-state index contributed by atoms with van der Waals surface area (Å²) in [5.74, 6) is -0.308. The summed E-state index contributed by atoms with van der Waals surface area (Å²) in [6.45, 7) is -0.446. The maximum absolute atomic E-state index is 12.1. The number of halogens is 2. The van der Waals surface area contributed by atoms with Crippen molar-refractivity contribution in [3.63, 3.8) is 0 Å². The van der Waals surface area contributed by atoms with E-state index in [-0.39, 0.29) is 29.8 Å². The number of carbonyl (C=O) groups excluding carboxylic acids is 1. The van der Waals surface area contributed by atoms with Gasteiger partial charge in [-0.3, -0.25) is 4.79 Å². The number of carbonyl (C=O) groups is 1. The number of hydrogen-bond donors (Lipinski definition) is 2. The lowest BCUT2D eigenvalue weighted by molar-refractivity contribution is -0.0498. The summed E-state index contributed by atoms with van der Waals surface area (Å²) in [5.41, 5.74) is 6.20. The number of hydrogen-bond acceptors (Lipinski definition) is 4. The minimum atomic E-state index is -2.88. The second kappa shape index (κ2) is 6.82. The fourth-order valence-corrected chi connectivity index (χ4v) is 2.25. The third kappa shape index (κ3) is 3.89. The van der Waals surface area contributed by atoms with Crippen molar-refractivity contribution in [3.05, 3.63) is 29.8 Å². The Morgan fingerprint density at radius 3 is 2.62 bits per heavy atom. The average molecular weight is 300 g/mol. The fraction of sp³-hybridized carbons (Fsp3) is 0.500. The second-order valence-corrected chi connectivity index (χ2v) is 4.80. The molecule has 0 bridgehead atoms. The molecule has 5 nitrogen and oxygen atoms in total. The number of nitrogens with two attached hydrogens (primary N) is 1. The Balaban J connectivity index is 1.93. The van der Waals surface area contributed by atoms with Crippen molar-refractivity contribution in [3.8, 4) is 5.75 Å². The Morgan fingerprint density at radius 1 is 1.43 bits per heavy atom. The monoisotopic (exact) mass is 300 g/mol. The van der Waals surface area contributed by atoms with Gasteiger partial charge in [0.05, 0.1) is 12.1 Å². The van der Waals surface area contributed by atoms with E-state index in [1.807, 2.05) is 6.92 Å². The molecule has 0 aliphatic heterocycles. The van der Waals surface area contributed by atoms with E-state index in [9.17, 15) is 13.6 Å². The highest BCUT2D eigenvalue weighted by Gasteiger charge is 2.40. The van der Waals surface area contributed by atoms with Gasteiger partial charge in [-0.1, -0.05) is 0 Å². The lowest BCUT2D eigenvalue weighted by Gasteiger charge is -2.42. The summed E-state index contributed by atoms with van der Waals surface area (Å²) >= 11 is 0. The number of nitrogens with one attached hydrogen (secondary N) is 1. The van der Waals surface area contributed by atoms with Crippen LogP contribution in [-0.4, -0.2) is 37.3 Å². The molecule has 21 heavy (non-hydrogen) atoms. The summed E-state index contributed by atoms with van der Waals surface area (Å²) in [5, 5.41) is 2.80. The molecule has 116 valence electrons. The topological polar surface area (TPSA) is 73.6 Å². The molecule has 1 aromatic carbocycles. The molecule has 0 radical (unpaired) electrons. The molecule has 3 unspecified atom stereocenters. The van der Waals surface area contributed by atoms with Crippen LogP contribution in [0.25, 0.3) is 0 Å². The van der Waals surface area contributed by atoms with Crippen LogP contribution in [0.15, 0.2) is 24.3 Å². The molecule has 1 aliphatic rings. The van der Waals surface area contributed by atoms with Crippen molar-refractivity contribution in [1.82, 2.24) is 5.32 Å². The van der Waals surface area contributed by atoms with Crippen molar-refractivity contribution in [2.24, 2.45) is 5.73 Å². The van der Waals surface area contributed by atoms with Crippen molar-refractivity contribution in [2.75, 3.05) is 6.61 Å². The second-order valence-electron chi connectivity index (χ2n) is 4.80. The van der Waals surface area contributed by atoms with Gasteiger partial charge in [0.15, 0.2) is 0 Å². The molecule has 0 saturated heterocycles. The Kier molecular flexibility index (Phi) is 5.08. The minimum absolute atomic E-state index is 0.00842. The summed E-state index contributed by atoms with van der Waals surface area (Å²) in [6.07, 6.45) is 0.635. The number of amides is 1. The molecule has 0 spiro atoms. The van der Waals surface area contributed by atoms with Gasteiger partial charge in [-0.2, -0.15) is 8.78 Å². The van der Waals surface area contributed by atoms with Gasteiger partial charge < -0.3 is 20.5 Å². The fourth-order valence-electron chi connectivity index (χ4n) is 2.25. The van der Waals surface area contributed by atoms with Crippen molar-refractivity contribution in [1.29, 1.82) is 0 Å². The van der Waals surface area contributed by atoms with Crippen molar-refractivity contribution < 1.29 is 23.0 Å². The molecule has 1 amide bonds. The number of rotatable bonds is 6. The molecule has 7 heteroatoms. The Morgan fingerprint density at radius 2 is 2.10 bits per heavy atom. The van der Waals surface area contributed by atoms with Crippen LogP contribution in [-0.2, 0) is 4.74 Å². The molecular formula is C14H18F2N2O3. The molecule has 1 aromatic rings. The lowest BCUT2D eigenvalue weighted by atomic mass is 9.83. The first-order valence-corrected chi connectivity index (χ1v) is 6.74. The molecule has 1 saturated carbocycles. The van der Waals surface area contributed by atoms with Crippen molar-refractivity contribution in [2.45, 2.75) is 38.1 Å². The molecule has 1 aliphatic carbocycles. The molecule has 0 heterocycles. The highest BCUT2D eigenvalue weighted by molar-refractivity contribution is 5.94. The quantitative estimate of drug-likeness (QED) is 0.835. The number of alkyl halides is 2. The van der Waals surface area contributed by atoms with Gasteiger partial charge in [-0.15, -0.1) is 0 Å². The smallest absolute Gasteiger partial charge is 0.387 e. The van der Waals surface area contributed by atoms with E-state index in [0.717, 1.165) is 0 Å². The van der Waals surface area contributed by atoms with Gasteiger partial charge in [0.25, 0.3) is 5.91 Å². The predicted octanol–water partition coefficient (Wildman–Crippen LogP) is 1.52. The van der Waals surface area contributed by atoms with Crippen LogP contribution in [0.2, 0.25) is 0 Å². The predicted molar refractivity (Wildman–Crippen MR) is 72.3 cm³/mol. The third-order valence-electron chi connectivity index (χ3n) is 3.39. The lowest BCUT2D eigenvalue weighted by Crippen LogP contribution is -2.64. The van der Waals surface area contributed by atoms with E-state index in [1.165, 1.54) is 24.3 Å². The average Bonchev–Trinajstić information content (AvgIpc) is 2.44. The first-order chi connectivity index (χ1) is 10.0. The summed E-state index contributed by atoms with van der Waals surface area (Å²) < 4.78 is 33.8. The molecule has 0 aromatic heterocycles. The van der Waals surface area contributed by atoms with E-state index < -0.39 is 6.61 Å². The van der Waals surface area contributed by atoms with Gasteiger partial charge in [-0.25, -0.2) is 0 Å². The van der Waals surface area contributed by atoms with Gasteiger partial charge in [0.2, 0.25) is 0 Å². The summed E-state index contributed by atoms with van der Waals surface area (Å²) in [7, 11) is 0. The number of benzene rings is 1. The summed E-state index contributed by atoms with van der Waals surface area (Å²) in [4.78, 5) is 12.1. The molecule has 3 atom stereocenters. The van der Waals surface area contributed by atoms with Gasteiger partial charge >= 0.3 is 6.61 Å². The molecular weight excluding hydrogens is 282 g/mol. The van der Waals surface area contributed by atoms with E-state index in [2.05, 4.69) is 10.1 Å². The zero-order valence-corrected chi connectivity index (χ0v) is 11.6. The SMILES string of the molecule is CCOC1CC(N)C1NC(=O)c1ccc(OC(F)F)cc1. The van der Waals surface area contributed by atoms with E-state index in [0.29, 0.717) is 18.6 Å². The van der Waals surface area contributed by atoms with E-state index >= 15 is 0 Å². The Hall–Kier alpha value is -1.73. The van der Waals surface area contributed by atoms with Crippen LogP contribution in [0.3, 0.4) is 0 Å². The standard InChI is InChI=1S/C14H18F2N2O3/c1-2-20-11-7-10(17)12(11)18-13(19)8-3-5-9(6-4-8)21-14(15)16/h3-6,10-12,14H,2,7,17H2,1H3,(H,18,19). The molecule has 3 N–H and O–H groups in total. The van der Waals surface area contributed by atoms with Gasteiger partial charge in [0, 0.05) is 18.2 Å². The van der Waals surface area contributed by atoms with E-state index in [4.69, 9.17) is 10.5 Å². The van der Waals surface area contributed by atoms with Crippen LogP contribution in [0.1, 0.15) is 23.7 Å². The van der Waals surface area contributed by atoms with Crippen LogP contribution in [0, 0.1) is 0 Å². The number of ether oxygens (including phenoxy) is 2. The van der Waals surface area contributed by atoms with Gasteiger partial charge in [-0.05, 0) is 37.6 Å². The van der Waals surface area contributed by atoms with Gasteiger partial charge in [0.1, 0.15) is 5.75 Å². The highest BCUT2D eigenvalue weighted by atomic mass is 19.3. The highest BCUT2D eigenvalue weighted by Crippen LogP contribution is 2.23. The zero-order chi connectivity index (χ0) is 15.4. The molecule has 2 rings (SSSR count). The maximum Gasteiger partial charge on any atom is 0.387 e. The normalized spacial score (nSPS) is 24.5. The summed E-state index contributed by atoms with van der Waals surface area (Å²) in [6, 6.07) is 5.13. The van der Waals surface area contributed by atoms with Crippen LogP contribution >= 0.6 is 0 Å². The van der Waals surface area contributed by atoms with Crippen LogP contribution in [0.4, 0.5) is 8.78 Å². The largest absolute Gasteiger partial charge is 0.435 e. The van der Waals surface area contributed by atoms with Crippen LogP contribution < -0.4 is 15.8 Å². The van der Waals surface area contributed by atoms with Crippen LogP contribution in [0.5, 0.6) is 5.75 Å². The minimum Gasteiger partial charge on any atom is -0.435 e. The zero-order valence-electron chi connectivity index (χ0n) is 11.6. The maximum atomic E-state index is 12.1. The first-order valence-electron chi connectivity index (χ1n) is 6.74. The first kappa shape index (κ1) is 15.7. The third-order valence-corrected chi connectivity index (χ3v) is 3.39. The Labute approximate surface area is 121 Å². The molecule has 1 fully saturated rings. The van der Waals surface area contributed by atoms with E-state index in [1.54, 1.807) is 0 Å². The van der Waals surface area contributed by atoms with Crippen molar-refractivity contribution >= 4 is 5.91 Å².